The maximum absolute atomic E-state index is 11.7. The summed E-state index contributed by atoms with van der Waals surface area (Å²) in [6.45, 7) is 2.27. The monoisotopic (exact) mass is 307 g/mol. The number of anilines is 1. The molecule has 114 valence electrons. The largest absolute Gasteiger partial charge is 0.489 e. The molecule has 2 aliphatic heterocycles. The minimum absolute atomic E-state index is 0.0161. The predicted octanol–water partition coefficient (Wildman–Crippen LogP) is 2.90. The summed E-state index contributed by atoms with van der Waals surface area (Å²) in [5.41, 5.74) is 6.90. The molecule has 2 unspecified atom stereocenters. The molecule has 1 spiro atoms. The van der Waals surface area contributed by atoms with Gasteiger partial charge in [-0.1, -0.05) is 0 Å². The van der Waals surface area contributed by atoms with E-state index in [0.717, 1.165) is 37.4 Å². The van der Waals surface area contributed by atoms with E-state index < -0.39 is 0 Å². The fourth-order valence-electron chi connectivity index (χ4n) is 3.05. The summed E-state index contributed by atoms with van der Waals surface area (Å²) < 4.78 is 12.1. The number of ether oxygens (including phenoxy) is 2. The van der Waals surface area contributed by atoms with Crippen LogP contribution in [0.5, 0.6) is 5.75 Å². The average molecular weight is 307 g/mol. The van der Waals surface area contributed by atoms with Gasteiger partial charge < -0.3 is 15.2 Å². The number of nitrogen functional groups attached to an aromatic ring is 1. The van der Waals surface area contributed by atoms with Crippen molar-refractivity contribution in [2.45, 2.75) is 37.9 Å². The number of thioether (sulfide) groups is 1. The summed E-state index contributed by atoms with van der Waals surface area (Å²) in [6, 6.07) is 5.28. The zero-order valence-electron chi connectivity index (χ0n) is 12.3. The molecule has 0 amide bonds. The summed E-state index contributed by atoms with van der Waals surface area (Å²) in [4.78, 5) is 11.7. The van der Waals surface area contributed by atoms with Gasteiger partial charge in [0.05, 0.1) is 17.8 Å². The van der Waals surface area contributed by atoms with Gasteiger partial charge >= 0.3 is 0 Å². The van der Waals surface area contributed by atoms with Crippen molar-refractivity contribution >= 4 is 23.2 Å². The predicted molar refractivity (Wildman–Crippen MR) is 85.1 cm³/mol. The minimum Gasteiger partial charge on any atom is -0.489 e. The molecule has 2 heterocycles. The molecule has 4 nitrogen and oxygen atoms in total. The first-order valence-electron chi connectivity index (χ1n) is 7.37. The fourth-order valence-corrected chi connectivity index (χ4v) is 4.43. The molecule has 0 aliphatic carbocycles. The van der Waals surface area contributed by atoms with Crippen molar-refractivity contribution < 1.29 is 14.3 Å². The van der Waals surface area contributed by atoms with Gasteiger partial charge in [-0.3, -0.25) is 4.79 Å². The van der Waals surface area contributed by atoms with Crippen molar-refractivity contribution in [3.8, 4) is 5.75 Å². The molecule has 3 rings (SSSR count). The van der Waals surface area contributed by atoms with Crippen LogP contribution in [0.2, 0.25) is 0 Å². The zero-order chi connectivity index (χ0) is 14.9. The van der Waals surface area contributed by atoms with Crippen molar-refractivity contribution in [1.29, 1.82) is 0 Å². The molecule has 2 fully saturated rings. The summed E-state index contributed by atoms with van der Waals surface area (Å²) in [5, 5.41) is 0. The lowest BCUT2D eigenvalue weighted by Crippen LogP contribution is -2.44. The van der Waals surface area contributed by atoms with E-state index in [1.165, 1.54) is 0 Å². The SMILES string of the molecule is CC(=O)c1cc(N)ccc1OC1CCOC2(CCSC2)C1. The summed E-state index contributed by atoms with van der Waals surface area (Å²) in [6.07, 6.45) is 2.98. The third-order valence-corrected chi connectivity index (χ3v) is 5.41. The molecule has 0 bridgehead atoms. The topological polar surface area (TPSA) is 61.6 Å². The maximum Gasteiger partial charge on any atom is 0.163 e. The number of nitrogens with two attached hydrogens (primary N) is 1. The van der Waals surface area contributed by atoms with Gasteiger partial charge in [-0.05, 0) is 37.3 Å². The van der Waals surface area contributed by atoms with Crippen LogP contribution in [0.3, 0.4) is 0 Å². The molecule has 1 aromatic carbocycles. The average Bonchev–Trinajstić information content (AvgIpc) is 2.88. The maximum atomic E-state index is 11.7. The highest BCUT2D eigenvalue weighted by molar-refractivity contribution is 7.99. The van der Waals surface area contributed by atoms with Crippen molar-refractivity contribution in [1.82, 2.24) is 0 Å². The second-order valence-corrected chi connectivity index (χ2v) is 6.98. The Morgan fingerprint density at radius 1 is 1.52 bits per heavy atom. The number of hydrogen-bond acceptors (Lipinski definition) is 5. The van der Waals surface area contributed by atoms with Gasteiger partial charge in [0.15, 0.2) is 5.78 Å². The fraction of sp³-hybridized carbons (Fsp3) is 0.562. The third-order valence-electron chi connectivity index (χ3n) is 4.19. The summed E-state index contributed by atoms with van der Waals surface area (Å²) in [7, 11) is 0. The molecule has 0 radical (unpaired) electrons. The standard InChI is InChI=1S/C16H21NO3S/c1-11(18)14-8-12(17)2-3-15(14)20-13-4-6-19-16(9-13)5-7-21-10-16/h2-3,8,13H,4-7,9-10,17H2,1H3. The van der Waals surface area contributed by atoms with Crippen LogP contribution >= 0.6 is 11.8 Å². The molecular weight excluding hydrogens is 286 g/mol. The Hall–Kier alpha value is -1.20. The Morgan fingerprint density at radius 3 is 3.10 bits per heavy atom. The van der Waals surface area contributed by atoms with Gasteiger partial charge in [0.2, 0.25) is 0 Å². The third kappa shape index (κ3) is 3.19. The quantitative estimate of drug-likeness (QED) is 0.687. The molecule has 2 aliphatic rings. The molecule has 0 saturated carbocycles. The first-order chi connectivity index (χ1) is 10.1. The Balaban J connectivity index is 1.75. The lowest BCUT2D eigenvalue weighted by molar-refractivity contribution is -0.0959. The molecule has 5 heteroatoms. The smallest absolute Gasteiger partial charge is 0.163 e. The molecule has 21 heavy (non-hydrogen) atoms. The number of carbonyl (C=O) groups excluding carboxylic acids is 1. The van der Waals surface area contributed by atoms with Crippen molar-refractivity contribution in [3.05, 3.63) is 23.8 Å². The van der Waals surface area contributed by atoms with Gasteiger partial charge in [0.1, 0.15) is 11.9 Å². The van der Waals surface area contributed by atoms with Gasteiger partial charge in [-0.2, -0.15) is 11.8 Å². The van der Waals surface area contributed by atoms with E-state index in [4.69, 9.17) is 15.2 Å². The number of benzene rings is 1. The van der Waals surface area contributed by atoms with Crippen molar-refractivity contribution in [2.24, 2.45) is 0 Å². The van der Waals surface area contributed by atoms with Gasteiger partial charge in [0.25, 0.3) is 0 Å². The second-order valence-electron chi connectivity index (χ2n) is 5.88. The van der Waals surface area contributed by atoms with Crippen LogP contribution in [0.15, 0.2) is 18.2 Å². The zero-order valence-corrected chi connectivity index (χ0v) is 13.1. The Kier molecular flexibility index (Phi) is 4.13. The van der Waals surface area contributed by atoms with Crippen LogP contribution in [-0.2, 0) is 4.74 Å². The van der Waals surface area contributed by atoms with Crippen LogP contribution in [0.1, 0.15) is 36.5 Å². The molecule has 0 aromatic heterocycles. The van der Waals surface area contributed by atoms with E-state index in [2.05, 4.69) is 0 Å². The highest BCUT2D eigenvalue weighted by Gasteiger charge is 2.41. The molecule has 2 N–H and O–H groups in total. The van der Waals surface area contributed by atoms with Gasteiger partial charge in [-0.25, -0.2) is 0 Å². The highest BCUT2D eigenvalue weighted by atomic mass is 32.2. The van der Waals surface area contributed by atoms with Crippen LogP contribution in [0.4, 0.5) is 5.69 Å². The van der Waals surface area contributed by atoms with Gasteiger partial charge in [0, 0.05) is 24.3 Å². The first-order valence-corrected chi connectivity index (χ1v) is 8.52. The number of ketones is 1. The number of carbonyl (C=O) groups is 1. The van der Waals surface area contributed by atoms with E-state index in [0.29, 0.717) is 17.0 Å². The number of rotatable bonds is 3. The molecule has 1 aromatic rings. The number of Topliss-reactive ketones (excluding diaryl/α,β-unsaturated/α-hetero) is 1. The van der Waals surface area contributed by atoms with E-state index in [9.17, 15) is 4.79 Å². The van der Waals surface area contributed by atoms with Crippen molar-refractivity contribution in [3.63, 3.8) is 0 Å². The highest BCUT2D eigenvalue weighted by Crippen LogP contribution is 2.39. The van der Waals surface area contributed by atoms with Crippen molar-refractivity contribution in [2.75, 3.05) is 23.8 Å². The molecular formula is C16H21NO3S. The van der Waals surface area contributed by atoms with E-state index in [1.807, 2.05) is 11.8 Å². The van der Waals surface area contributed by atoms with E-state index in [-0.39, 0.29) is 17.5 Å². The van der Waals surface area contributed by atoms with E-state index in [1.54, 1.807) is 25.1 Å². The van der Waals surface area contributed by atoms with Crippen LogP contribution < -0.4 is 10.5 Å². The van der Waals surface area contributed by atoms with Crippen LogP contribution in [-0.4, -0.2) is 35.6 Å². The van der Waals surface area contributed by atoms with E-state index >= 15 is 0 Å². The van der Waals surface area contributed by atoms with Crippen LogP contribution in [0.25, 0.3) is 0 Å². The molecule has 2 atom stereocenters. The molecule has 2 saturated heterocycles. The summed E-state index contributed by atoms with van der Waals surface area (Å²) in [5.74, 6) is 2.83. The first kappa shape index (κ1) is 14.7. The Bertz CT molecular complexity index is 540. The minimum atomic E-state index is -0.0181. The van der Waals surface area contributed by atoms with Crippen LogP contribution in [0, 0.1) is 0 Å². The summed E-state index contributed by atoms with van der Waals surface area (Å²) >= 11 is 1.95. The Labute approximate surface area is 129 Å². The lowest BCUT2D eigenvalue weighted by atomic mass is 9.91. The normalized spacial score (nSPS) is 28.7. The Morgan fingerprint density at radius 2 is 2.38 bits per heavy atom. The lowest BCUT2D eigenvalue weighted by Gasteiger charge is -2.37. The van der Waals surface area contributed by atoms with Gasteiger partial charge in [-0.15, -0.1) is 0 Å². The second kappa shape index (κ2) is 5.89. The number of hydrogen-bond donors (Lipinski definition) is 1.